The number of allylic oxidation sites excluding steroid dienone is 1. The SMILES string of the molecule is CC(C)/C=C/[C@@H](O)C(=O)Nc1ccccc1. The van der Waals surface area contributed by atoms with Crippen molar-refractivity contribution in [2.75, 3.05) is 5.32 Å². The molecule has 1 aromatic rings. The third-order valence-corrected chi connectivity index (χ3v) is 1.99. The third-order valence-electron chi connectivity index (χ3n) is 1.99. The van der Waals surface area contributed by atoms with Crippen molar-refractivity contribution in [2.24, 2.45) is 5.92 Å². The lowest BCUT2D eigenvalue weighted by Gasteiger charge is -2.07. The summed E-state index contributed by atoms with van der Waals surface area (Å²) in [6, 6.07) is 9.07. The van der Waals surface area contributed by atoms with E-state index in [0.717, 1.165) is 0 Å². The molecule has 1 amide bonds. The Balaban J connectivity index is 2.53. The van der Waals surface area contributed by atoms with Gasteiger partial charge in [-0.2, -0.15) is 0 Å². The first-order valence-electron chi connectivity index (χ1n) is 5.32. The van der Waals surface area contributed by atoms with Crippen LogP contribution in [0.25, 0.3) is 0 Å². The number of amides is 1. The van der Waals surface area contributed by atoms with Crippen molar-refractivity contribution in [1.29, 1.82) is 0 Å². The summed E-state index contributed by atoms with van der Waals surface area (Å²) in [4.78, 5) is 11.5. The second-order valence-corrected chi connectivity index (χ2v) is 3.93. The molecule has 3 heteroatoms. The van der Waals surface area contributed by atoms with E-state index in [4.69, 9.17) is 0 Å². The molecule has 0 aromatic heterocycles. The molecule has 0 saturated carbocycles. The first-order chi connectivity index (χ1) is 7.59. The summed E-state index contributed by atoms with van der Waals surface area (Å²) in [5.41, 5.74) is 0.685. The first-order valence-corrected chi connectivity index (χ1v) is 5.32. The number of hydrogen-bond acceptors (Lipinski definition) is 2. The van der Waals surface area contributed by atoms with Gasteiger partial charge in [0, 0.05) is 5.69 Å². The zero-order valence-corrected chi connectivity index (χ0v) is 9.55. The van der Waals surface area contributed by atoms with Crippen molar-refractivity contribution in [1.82, 2.24) is 0 Å². The van der Waals surface area contributed by atoms with Crippen LogP contribution in [0.4, 0.5) is 5.69 Å². The van der Waals surface area contributed by atoms with E-state index in [1.54, 1.807) is 18.2 Å². The van der Waals surface area contributed by atoms with Gasteiger partial charge in [-0.05, 0) is 18.1 Å². The van der Waals surface area contributed by atoms with Crippen LogP contribution in [0.2, 0.25) is 0 Å². The predicted molar refractivity (Wildman–Crippen MR) is 65.1 cm³/mol. The van der Waals surface area contributed by atoms with E-state index < -0.39 is 12.0 Å². The standard InChI is InChI=1S/C13H17NO2/c1-10(2)8-9-12(15)13(16)14-11-6-4-3-5-7-11/h3-10,12,15H,1-2H3,(H,14,16)/b9-8+/t12-/m1/s1. The van der Waals surface area contributed by atoms with E-state index in [9.17, 15) is 9.90 Å². The Morgan fingerprint density at radius 1 is 1.25 bits per heavy atom. The molecule has 0 aliphatic rings. The van der Waals surface area contributed by atoms with Gasteiger partial charge in [-0.15, -0.1) is 0 Å². The maximum absolute atomic E-state index is 11.5. The predicted octanol–water partition coefficient (Wildman–Crippen LogP) is 2.20. The maximum Gasteiger partial charge on any atom is 0.257 e. The fraction of sp³-hybridized carbons (Fsp3) is 0.308. The highest BCUT2D eigenvalue weighted by Crippen LogP contribution is 2.06. The molecule has 0 fully saturated rings. The molecule has 0 heterocycles. The molecule has 3 nitrogen and oxygen atoms in total. The lowest BCUT2D eigenvalue weighted by molar-refractivity contribution is -0.121. The van der Waals surface area contributed by atoms with E-state index in [2.05, 4.69) is 5.32 Å². The average molecular weight is 219 g/mol. The first kappa shape index (κ1) is 12.5. The number of rotatable bonds is 4. The summed E-state index contributed by atoms with van der Waals surface area (Å²) in [5.74, 6) is -0.0951. The molecule has 0 aliphatic heterocycles. The summed E-state index contributed by atoms with van der Waals surface area (Å²) < 4.78 is 0. The molecular formula is C13H17NO2. The monoisotopic (exact) mass is 219 g/mol. The van der Waals surface area contributed by atoms with E-state index in [1.807, 2.05) is 32.0 Å². The second kappa shape index (κ2) is 6.08. The average Bonchev–Trinajstić information content (AvgIpc) is 2.27. The summed E-state index contributed by atoms with van der Waals surface area (Å²) in [6.07, 6.45) is 2.21. The molecule has 1 atom stereocenters. The van der Waals surface area contributed by atoms with Gasteiger partial charge in [0.15, 0.2) is 6.10 Å². The van der Waals surface area contributed by atoms with E-state index in [1.165, 1.54) is 6.08 Å². The Hall–Kier alpha value is -1.61. The molecule has 1 rings (SSSR count). The van der Waals surface area contributed by atoms with Crippen LogP contribution in [0.5, 0.6) is 0 Å². The van der Waals surface area contributed by atoms with Crippen molar-refractivity contribution < 1.29 is 9.90 Å². The van der Waals surface area contributed by atoms with Crippen LogP contribution in [0.1, 0.15) is 13.8 Å². The van der Waals surface area contributed by atoms with Crippen LogP contribution in [0.3, 0.4) is 0 Å². The Kier molecular flexibility index (Phi) is 4.73. The number of carbonyl (C=O) groups is 1. The fourth-order valence-corrected chi connectivity index (χ4v) is 1.15. The minimum Gasteiger partial charge on any atom is -0.379 e. The molecule has 0 radical (unpaired) electrons. The number of anilines is 1. The Morgan fingerprint density at radius 3 is 2.44 bits per heavy atom. The number of aliphatic hydroxyl groups is 1. The van der Waals surface area contributed by atoms with Crippen molar-refractivity contribution >= 4 is 11.6 Å². The van der Waals surface area contributed by atoms with Gasteiger partial charge < -0.3 is 10.4 Å². The molecule has 0 unspecified atom stereocenters. The van der Waals surface area contributed by atoms with Gasteiger partial charge in [0.25, 0.3) is 5.91 Å². The van der Waals surface area contributed by atoms with Gasteiger partial charge in [-0.3, -0.25) is 4.79 Å². The summed E-state index contributed by atoms with van der Waals surface area (Å²) in [5, 5.41) is 12.2. The Bertz CT molecular complexity index is 357. The van der Waals surface area contributed by atoms with Crippen molar-refractivity contribution in [3.8, 4) is 0 Å². The number of para-hydroxylation sites is 1. The van der Waals surface area contributed by atoms with Crippen molar-refractivity contribution in [3.05, 3.63) is 42.5 Å². The topological polar surface area (TPSA) is 49.3 Å². The van der Waals surface area contributed by atoms with E-state index in [-0.39, 0.29) is 0 Å². The summed E-state index contributed by atoms with van der Waals surface area (Å²) in [6.45, 7) is 3.97. The summed E-state index contributed by atoms with van der Waals surface area (Å²) in [7, 11) is 0. The van der Waals surface area contributed by atoms with Crippen LogP contribution in [-0.4, -0.2) is 17.1 Å². The number of hydrogen-bond donors (Lipinski definition) is 2. The lowest BCUT2D eigenvalue weighted by atomic mass is 10.1. The molecule has 0 spiro atoms. The molecule has 86 valence electrons. The smallest absolute Gasteiger partial charge is 0.257 e. The molecule has 0 saturated heterocycles. The van der Waals surface area contributed by atoms with Crippen LogP contribution in [0.15, 0.2) is 42.5 Å². The van der Waals surface area contributed by atoms with Crippen LogP contribution in [-0.2, 0) is 4.79 Å². The zero-order chi connectivity index (χ0) is 12.0. The lowest BCUT2D eigenvalue weighted by Crippen LogP contribution is -2.25. The Labute approximate surface area is 95.8 Å². The number of benzene rings is 1. The Morgan fingerprint density at radius 2 is 1.88 bits per heavy atom. The van der Waals surface area contributed by atoms with Gasteiger partial charge in [0.1, 0.15) is 0 Å². The van der Waals surface area contributed by atoms with Gasteiger partial charge in [0.05, 0.1) is 0 Å². The van der Waals surface area contributed by atoms with Crippen LogP contribution < -0.4 is 5.32 Å². The number of nitrogens with one attached hydrogen (secondary N) is 1. The molecule has 0 aliphatic carbocycles. The van der Waals surface area contributed by atoms with Crippen LogP contribution in [0, 0.1) is 5.92 Å². The van der Waals surface area contributed by atoms with Crippen molar-refractivity contribution in [2.45, 2.75) is 20.0 Å². The highest BCUT2D eigenvalue weighted by Gasteiger charge is 2.11. The van der Waals surface area contributed by atoms with Crippen LogP contribution >= 0.6 is 0 Å². The molecule has 2 N–H and O–H groups in total. The number of carbonyl (C=O) groups excluding carboxylic acids is 1. The maximum atomic E-state index is 11.5. The van der Waals surface area contributed by atoms with Gasteiger partial charge in [0.2, 0.25) is 0 Å². The molecule has 0 bridgehead atoms. The van der Waals surface area contributed by atoms with Gasteiger partial charge in [-0.1, -0.05) is 44.2 Å². The number of aliphatic hydroxyl groups excluding tert-OH is 1. The normalized spacial score (nSPS) is 13.0. The minimum absolute atomic E-state index is 0.319. The van der Waals surface area contributed by atoms with E-state index >= 15 is 0 Å². The highest BCUT2D eigenvalue weighted by molar-refractivity contribution is 5.95. The second-order valence-electron chi connectivity index (χ2n) is 3.93. The highest BCUT2D eigenvalue weighted by atomic mass is 16.3. The molecular weight excluding hydrogens is 202 g/mol. The summed E-state index contributed by atoms with van der Waals surface area (Å²) >= 11 is 0. The minimum atomic E-state index is -1.09. The van der Waals surface area contributed by atoms with Gasteiger partial charge in [-0.25, -0.2) is 0 Å². The largest absolute Gasteiger partial charge is 0.379 e. The molecule has 1 aromatic carbocycles. The van der Waals surface area contributed by atoms with E-state index in [0.29, 0.717) is 11.6 Å². The fourth-order valence-electron chi connectivity index (χ4n) is 1.15. The quantitative estimate of drug-likeness (QED) is 0.763. The van der Waals surface area contributed by atoms with Crippen molar-refractivity contribution in [3.63, 3.8) is 0 Å². The zero-order valence-electron chi connectivity index (χ0n) is 9.55. The third kappa shape index (κ3) is 4.28. The molecule has 16 heavy (non-hydrogen) atoms. The van der Waals surface area contributed by atoms with Gasteiger partial charge >= 0.3 is 0 Å².